The van der Waals surface area contributed by atoms with Gasteiger partial charge in [0.1, 0.15) is 5.75 Å². The Hall–Kier alpha value is -4.40. The fourth-order valence-electron chi connectivity index (χ4n) is 5.37. The molecule has 1 heterocycles. The summed E-state index contributed by atoms with van der Waals surface area (Å²) in [5.41, 5.74) is 6.47. The summed E-state index contributed by atoms with van der Waals surface area (Å²) in [7, 11) is -2.03. The van der Waals surface area contributed by atoms with Gasteiger partial charge in [0.25, 0.3) is 5.91 Å². The van der Waals surface area contributed by atoms with Crippen LogP contribution in [0.3, 0.4) is 0 Å². The Labute approximate surface area is 259 Å². The normalized spacial score (nSPS) is 11.5. The number of carbonyl (C=O) groups is 1. The minimum Gasteiger partial charge on any atom is -0.497 e. The standard InChI is InChI=1S/C36H39N3O4S/c1-3-4-5-9-26-14-20-31(21-15-26)44(41,42)38-23-22-33-32-12-6-7-13-34(32)39-35(33)28-16-18-29(19-17-28)36(40)37-25-27-10-8-11-30(24-27)43-2/h6-8,10-21,24,38-39H,3-5,9,22-23,25H2,1-2H3,(H,37,40). The molecule has 1 amide bonds. The summed E-state index contributed by atoms with van der Waals surface area (Å²) < 4.78 is 34.2. The van der Waals surface area contributed by atoms with Gasteiger partial charge in [-0.1, -0.05) is 74.4 Å². The molecule has 3 N–H and O–H groups in total. The van der Waals surface area contributed by atoms with Crippen molar-refractivity contribution >= 4 is 26.8 Å². The molecule has 0 aliphatic carbocycles. The average Bonchev–Trinajstić information content (AvgIpc) is 3.42. The highest BCUT2D eigenvalue weighted by molar-refractivity contribution is 7.89. The first kappa shape index (κ1) is 31.0. The van der Waals surface area contributed by atoms with Crippen LogP contribution in [0.25, 0.3) is 22.2 Å². The molecule has 0 spiro atoms. The van der Waals surface area contributed by atoms with Gasteiger partial charge in [0.05, 0.1) is 12.0 Å². The number of aromatic nitrogens is 1. The van der Waals surface area contributed by atoms with Crippen molar-refractivity contribution in [3.63, 3.8) is 0 Å². The molecule has 0 fully saturated rings. The lowest BCUT2D eigenvalue weighted by atomic mass is 10.0. The van der Waals surface area contributed by atoms with Gasteiger partial charge in [-0.05, 0) is 84.0 Å². The molecule has 0 unspecified atom stereocenters. The van der Waals surface area contributed by atoms with E-state index in [1.807, 2.05) is 72.8 Å². The van der Waals surface area contributed by atoms with Crippen molar-refractivity contribution in [3.8, 4) is 17.0 Å². The minimum absolute atomic E-state index is 0.167. The van der Waals surface area contributed by atoms with Crippen LogP contribution >= 0.6 is 0 Å². The van der Waals surface area contributed by atoms with Crippen LogP contribution in [0.5, 0.6) is 5.75 Å². The maximum atomic E-state index is 13.1. The number of benzene rings is 4. The molecular weight excluding hydrogens is 570 g/mol. The number of nitrogens with one attached hydrogen (secondary N) is 3. The Morgan fingerprint density at radius 3 is 2.36 bits per heavy atom. The lowest BCUT2D eigenvalue weighted by Gasteiger charge is -2.10. The first-order chi connectivity index (χ1) is 21.4. The molecule has 0 atom stereocenters. The molecule has 4 aromatic carbocycles. The van der Waals surface area contributed by atoms with E-state index in [1.165, 1.54) is 6.42 Å². The SMILES string of the molecule is CCCCCc1ccc(S(=O)(=O)NCCc2c(-c3ccc(C(=O)NCc4cccc(OC)c4)cc3)[nH]c3ccccc23)cc1. The zero-order valence-electron chi connectivity index (χ0n) is 25.2. The second kappa shape index (κ2) is 14.4. The largest absolute Gasteiger partial charge is 0.497 e. The van der Waals surface area contributed by atoms with Crippen LogP contribution in [0, 0.1) is 0 Å². The molecule has 0 saturated carbocycles. The Morgan fingerprint density at radius 2 is 1.61 bits per heavy atom. The Balaban J connectivity index is 1.27. The number of hydrogen-bond donors (Lipinski definition) is 3. The lowest BCUT2D eigenvalue weighted by Crippen LogP contribution is -2.26. The number of aryl methyl sites for hydroxylation is 1. The average molecular weight is 610 g/mol. The summed E-state index contributed by atoms with van der Waals surface area (Å²) in [6.07, 6.45) is 4.88. The first-order valence-electron chi connectivity index (χ1n) is 15.1. The Morgan fingerprint density at radius 1 is 0.841 bits per heavy atom. The molecule has 0 aliphatic heterocycles. The zero-order chi connectivity index (χ0) is 30.9. The van der Waals surface area contributed by atoms with Gasteiger partial charge in [-0.2, -0.15) is 0 Å². The summed E-state index contributed by atoms with van der Waals surface area (Å²) in [5, 5.41) is 4.00. The molecular formula is C36H39N3O4S. The third kappa shape index (κ3) is 7.56. The third-order valence-corrected chi connectivity index (χ3v) is 9.28. The highest BCUT2D eigenvalue weighted by Crippen LogP contribution is 2.31. The molecule has 0 aliphatic rings. The number of para-hydroxylation sites is 1. The van der Waals surface area contributed by atoms with Crippen molar-refractivity contribution in [1.82, 2.24) is 15.0 Å². The van der Waals surface area contributed by atoms with E-state index < -0.39 is 10.0 Å². The van der Waals surface area contributed by atoms with Gasteiger partial charge >= 0.3 is 0 Å². The summed E-state index contributed by atoms with van der Waals surface area (Å²) in [5.74, 6) is 0.578. The number of H-pyrrole nitrogens is 1. The van der Waals surface area contributed by atoms with Gasteiger partial charge in [0.15, 0.2) is 0 Å². The van der Waals surface area contributed by atoms with Crippen LogP contribution in [0.15, 0.2) is 102 Å². The van der Waals surface area contributed by atoms with Crippen LogP contribution in [-0.4, -0.2) is 33.0 Å². The minimum atomic E-state index is -3.64. The molecule has 0 bridgehead atoms. The van der Waals surface area contributed by atoms with E-state index in [4.69, 9.17) is 4.74 Å². The molecule has 5 rings (SSSR count). The van der Waals surface area contributed by atoms with E-state index in [1.54, 1.807) is 31.4 Å². The number of amides is 1. The Bertz CT molecular complexity index is 1810. The summed E-state index contributed by atoms with van der Waals surface area (Å²) in [6.45, 7) is 2.81. The van der Waals surface area contributed by atoms with Crippen LogP contribution < -0.4 is 14.8 Å². The number of hydrogen-bond acceptors (Lipinski definition) is 4. The zero-order valence-corrected chi connectivity index (χ0v) is 26.0. The summed E-state index contributed by atoms with van der Waals surface area (Å²) in [4.78, 5) is 16.6. The van der Waals surface area contributed by atoms with Crippen LogP contribution in [0.2, 0.25) is 0 Å². The fourth-order valence-corrected chi connectivity index (χ4v) is 6.40. The van der Waals surface area contributed by atoms with E-state index in [2.05, 4.69) is 21.9 Å². The van der Waals surface area contributed by atoms with Crippen LogP contribution in [-0.2, 0) is 29.4 Å². The molecule has 5 aromatic rings. The van der Waals surface area contributed by atoms with Crippen molar-refractivity contribution in [2.75, 3.05) is 13.7 Å². The van der Waals surface area contributed by atoms with E-state index in [0.29, 0.717) is 18.5 Å². The number of sulfonamides is 1. The molecule has 1 aromatic heterocycles. The monoisotopic (exact) mass is 609 g/mol. The molecule has 228 valence electrons. The summed E-state index contributed by atoms with van der Waals surface area (Å²) >= 11 is 0. The van der Waals surface area contributed by atoms with Gasteiger partial charge in [0.2, 0.25) is 10.0 Å². The molecule has 0 radical (unpaired) electrons. The Kier molecular flexibility index (Phi) is 10.1. The number of methoxy groups -OCH3 is 1. The highest BCUT2D eigenvalue weighted by Gasteiger charge is 2.17. The molecule has 7 nitrogen and oxygen atoms in total. The van der Waals surface area contributed by atoms with Crippen molar-refractivity contribution in [1.29, 1.82) is 0 Å². The highest BCUT2D eigenvalue weighted by atomic mass is 32.2. The fraction of sp³-hybridized carbons (Fsp3) is 0.250. The maximum absolute atomic E-state index is 13.1. The number of ether oxygens (including phenoxy) is 1. The van der Waals surface area contributed by atoms with Crippen LogP contribution in [0.1, 0.15) is 53.2 Å². The summed E-state index contributed by atoms with van der Waals surface area (Å²) in [6, 6.07) is 30.2. The third-order valence-electron chi connectivity index (χ3n) is 7.81. The smallest absolute Gasteiger partial charge is 0.251 e. The van der Waals surface area contributed by atoms with Crippen LogP contribution in [0.4, 0.5) is 0 Å². The topological polar surface area (TPSA) is 100 Å². The number of fused-ring (bicyclic) bond motifs is 1. The quantitative estimate of drug-likeness (QED) is 0.118. The van der Waals surface area contributed by atoms with E-state index in [0.717, 1.165) is 63.9 Å². The van der Waals surface area contributed by atoms with Crippen molar-refractivity contribution in [2.24, 2.45) is 0 Å². The van der Waals surface area contributed by atoms with Gasteiger partial charge in [-0.3, -0.25) is 4.79 Å². The number of unbranched alkanes of at least 4 members (excludes halogenated alkanes) is 2. The second-order valence-electron chi connectivity index (χ2n) is 10.9. The van der Waals surface area contributed by atoms with Crippen molar-refractivity contribution in [2.45, 2.75) is 50.5 Å². The van der Waals surface area contributed by atoms with Gasteiger partial charge < -0.3 is 15.0 Å². The van der Waals surface area contributed by atoms with E-state index >= 15 is 0 Å². The van der Waals surface area contributed by atoms with Crippen molar-refractivity contribution < 1.29 is 17.9 Å². The number of rotatable bonds is 14. The van der Waals surface area contributed by atoms with Gasteiger partial charge in [-0.25, -0.2) is 13.1 Å². The van der Waals surface area contributed by atoms with E-state index in [9.17, 15) is 13.2 Å². The maximum Gasteiger partial charge on any atom is 0.251 e. The lowest BCUT2D eigenvalue weighted by molar-refractivity contribution is 0.0951. The van der Waals surface area contributed by atoms with Gasteiger partial charge in [0, 0.05) is 35.2 Å². The molecule has 44 heavy (non-hydrogen) atoms. The predicted molar refractivity (Wildman–Crippen MR) is 176 cm³/mol. The predicted octanol–water partition coefficient (Wildman–Crippen LogP) is 7.03. The van der Waals surface area contributed by atoms with E-state index in [-0.39, 0.29) is 17.3 Å². The molecule has 8 heteroatoms. The first-order valence-corrected chi connectivity index (χ1v) is 16.6. The number of carbonyl (C=O) groups excluding carboxylic acids is 1. The van der Waals surface area contributed by atoms with Gasteiger partial charge in [-0.15, -0.1) is 0 Å². The second-order valence-corrected chi connectivity index (χ2v) is 12.7. The molecule has 0 saturated heterocycles. The number of aromatic amines is 1. The van der Waals surface area contributed by atoms with Crippen molar-refractivity contribution in [3.05, 3.63) is 119 Å².